The lowest BCUT2D eigenvalue weighted by molar-refractivity contribution is -0.554. The quantitative estimate of drug-likeness (QED) is 0.617. The average Bonchev–Trinajstić information content (AvgIpc) is 3.19. The topological polar surface area (TPSA) is 97.9 Å². The van der Waals surface area contributed by atoms with Gasteiger partial charge in [-0.15, -0.1) is 0 Å². The Balaban J connectivity index is 1.57. The van der Waals surface area contributed by atoms with E-state index >= 15 is 0 Å². The molecular formula is C24H34N5O5+. The van der Waals surface area contributed by atoms with Crippen LogP contribution in [0.1, 0.15) is 30.9 Å². The number of guanidine groups is 1. The van der Waals surface area contributed by atoms with Crippen molar-refractivity contribution in [1.29, 1.82) is 0 Å². The molecule has 0 saturated carbocycles. The van der Waals surface area contributed by atoms with Crippen molar-refractivity contribution < 1.29 is 28.7 Å². The third kappa shape index (κ3) is 4.52. The van der Waals surface area contributed by atoms with Crippen molar-refractivity contribution in [2.75, 3.05) is 53.6 Å². The van der Waals surface area contributed by atoms with Crippen LogP contribution < -0.4 is 4.74 Å². The summed E-state index contributed by atoms with van der Waals surface area (Å²) in [7, 11) is 3.08. The molecule has 0 bridgehead atoms. The first-order valence-corrected chi connectivity index (χ1v) is 11.7. The molecule has 34 heavy (non-hydrogen) atoms. The fourth-order valence-corrected chi connectivity index (χ4v) is 4.50. The van der Waals surface area contributed by atoms with Gasteiger partial charge in [-0.05, 0) is 30.0 Å². The van der Waals surface area contributed by atoms with Gasteiger partial charge in [0.1, 0.15) is 18.5 Å². The number of hydrogen-bond acceptors (Lipinski definition) is 5. The smallest absolute Gasteiger partial charge is 0.392 e. The van der Waals surface area contributed by atoms with E-state index in [4.69, 9.17) is 9.47 Å². The second-order valence-electron chi connectivity index (χ2n) is 9.32. The molecule has 4 rings (SSSR count). The lowest BCUT2D eigenvalue weighted by Crippen LogP contribution is -2.63. The second-order valence-corrected chi connectivity index (χ2v) is 9.32. The summed E-state index contributed by atoms with van der Waals surface area (Å²) in [6, 6.07) is 4.88. The molecule has 1 aromatic rings. The number of likely N-dealkylation sites (N-methyl/N-ethyl adjacent to an activating group) is 2. The highest BCUT2D eigenvalue weighted by Gasteiger charge is 2.55. The number of benzene rings is 1. The fraction of sp³-hybridized carbons (Fsp3) is 0.583. The number of ether oxygens (including phenoxy) is 2. The van der Waals surface area contributed by atoms with E-state index in [1.807, 2.05) is 23.6 Å². The number of fused-ring (bicyclic) bond motifs is 1. The Hall–Kier alpha value is -2.98. The number of carbonyl (C=O) groups excluding carboxylic acids is 2. The van der Waals surface area contributed by atoms with Crippen LogP contribution in [0, 0.1) is 6.92 Å². The van der Waals surface area contributed by atoms with Gasteiger partial charge in [0.2, 0.25) is 11.9 Å². The third-order valence-corrected chi connectivity index (χ3v) is 6.43. The molecule has 10 nitrogen and oxygen atoms in total. The molecule has 1 N–H and O–H groups in total. The summed E-state index contributed by atoms with van der Waals surface area (Å²) in [6.07, 6.45) is -0.882. The van der Waals surface area contributed by atoms with E-state index in [1.165, 1.54) is 11.9 Å². The summed E-state index contributed by atoms with van der Waals surface area (Å²) < 4.78 is 13.5. The number of amides is 3. The van der Waals surface area contributed by atoms with Crippen molar-refractivity contribution in [1.82, 2.24) is 14.7 Å². The summed E-state index contributed by atoms with van der Waals surface area (Å²) in [5.74, 6) is 1.63. The van der Waals surface area contributed by atoms with Gasteiger partial charge in [-0.3, -0.25) is 19.2 Å². The molecule has 0 aliphatic carbocycles. The van der Waals surface area contributed by atoms with E-state index < -0.39 is 18.2 Å². The summed E-state index contributed by atoms with van der Waals surface area (Å²) in [5, 5.41) is 11.0. The average molecular weight is 473 g/mol. The van der Waals surface area contributed by atoms with Crippen molar-refractivity contribution in [2.45, 2.75) is 38.8 Å². The Morgan fingerprint density at radius 3 is 2.59 bits per heavy atom. The van der Waals surface area contributed by atoms with Crippen molar-refractivity contribution in [3.05, 3.63) is 29.3 Å². The monoisotopic (exact) mass is 472 g/mol. The summed E-state index contributed by atoms with van der Waals surface area (Å²) in [4.78, 5) is 34.6. The first-order valence-electron chi connectivity index (χ1n) is 11.7. The number of carbonyl (C=O) groups is 2. The number of morpholine rings is 1. The van der Waals surface area contributed by atoms with Gasteiger partial charge in [-0.2, -0.15) is 0 Å². The molecule has 2 atom stereocenters. The van der Waals surface area contributed by atoms with Crippen LogP contribution in [0.25, 0.3) is 0 Å². The Kier molecular flexibility index (Phi) is 6.90. The van der Waals surface area contributed by atoms with E-state index in [-0.39, 0.29) is 25.0 Å². The predicted molar refractivity (Wildman–Crippen MR) is 126 cm³/mol. The van der Waals surface area contributed by atoms with E-state index in [0.29, 0.717) is 38.1 Å². The van der Waals surface area contributed by atoms with Crippen LogP contribution in [0.4, 0.5) is 4.79 Å². The summed E-state index contributed by atoms with van der Waals surface area (Å²) in [5.41, 5.74) is 2.16. The maximum Gasteiger partial charge on any atom is 0.392 e. The Bertz CT molecular complexity index is 1030. The SMILES string of the molecule is Cc1ccc(C(C)C)c(OCC(O)CN2C(=[N+]3CCOCC3)N=C3C2C(=O)N(C)C(=O)N3C)c1. The first kappa shape index (κ1) is 24.2. The van der Waals surface area contributed by atoms with Crippen molar-refractivity contribution in [2.24, 2.45) is 4.99 Å². The molecular weight excluding hydrogens is 438 g/mol. The van der Waals surface area contributed by atoms with Crippen molar-refractivity contribution >= 4 is 23.7 Å². The maximum atomic E-state index is 13.1. The Morgan fingerprint density at radius 2 is 1.91 bits per heavy atom. The standard InChI is InChI=1S/C24H34N5O5/c1-15(2)18-7-6-16(3)12-19(18)34-14-17(30)13-29-20-21(26(4)24(32)27(5)22(20)31)25-23(29)28-8-10-33-11-9-28/h6-7,12,15,17,20,30H,8-11,13-14H2,1-5H3/q+1. The van der Waals surface area contributed by atoms with Crippen LogP contribution in [0.15, 0.2) is 23.2 Å². The number of amidine groups is 1. The number of imide groups is 1. The fourth-order valence-electron chi connectivity index (χ4n) is 4.50. The minimum absolute atomic E-state index is 0.0664. The number of nitrogens with zero attached hydrogens (tertiary/aromatic N) is 5. The second kappa shape index (κ2) is 9.71. The molecule has 10 heteroatoms. The van der Waals surface area contributed by atoms with Gasteiger partial charge in [0.25, 0.3) is 5.91 Å². The minimum Gasteiger partial charge on any atom is -0.490 e. The lowest BCUT2D eigenvalue weighted by Gasteiger charge is -2.33. The first-order chi connectivity index (χ1) is 16.2. The summed E-state index contributed by atoms with van der Waals surface area (Å²) >= 11 is 0. The largest absolute Gasteiger partial charge is 0.490 e. The van der Waals surface area contributed by atoms with E-state index in [1.54, 1.807) is 11.9 Å². The Labute approximate surface area is 200 Å². The van der Waals surface area contributed by atoms with Crippen LogP contribution in [-0.4, -0.2) is 114 Å². The molecule has 0 aromatic heterocycles. The number of β-amino-alcohol motifs (C(OH)–C–C–N with tert-alkyl or cyclic N) is 1. The number of hydrogen-bond donors (Lipinski definition) is 1. The van der Waals surface area contributed by atoms with Gasteiger partial charge in [-0.1, -0.05) is 31.0 Å². The highest BCUT2D eigenvalue weighted by Crippen LogP contribution is 2.28. The minimum atomic E-state index is -0.882. The third-order valence-electron chi connectivity index (χ3n) is 6.43. The molecule has 184 valence electrons. The zero-order valence-electron chi connectivity index (χ0n) is 20.5. The number of aliphatic hydroxyl groups is 1. The molecule has 0 radical (unpaired) electrons. The van der Waals surface area contributed by atoms with Gasteiger partial charge in [0.05, 0.1) is 32.8 Å². The number of urea groups is 1. The van der Waals surface area contributed by atoms with Crippen LogP contribution >= 0.6 is 0 Å². The van der Waals surface area contributed by atoms with Gasteiger partial charge in [0, 0.05) is 14.1 Å². The molecule has 3 aliphatic heterocycles. The summed E-state index contributed by atoms with van der Waals surface area (Å²) in [6.45, 7) is 8.73. The van der Waals surface area contributed by atoms with E-state index in [0.717, 1.165) is 21.8 Å². The number of aliphatic hydroxyl groups excluding tert-OH is 1. The molecule has 1 aromatic carbocycles. The van der Waals surface area contributed by atoms with Gasteiger partial charge in [0.15, 0.2) is 0 Å². The van der Waals surface area contributed by atoms with Crippen LogP contribution in [-0.2, 0) is 9.53 Å². The van der Waals surface area contributed by atoms with Crippen LogP contribution in [0.3, 0.4) is 0 Å². The lowest BCUT2D eigenvalue weighted by atomic mass is 10.0. The van der Waals surface area contributed by atoms with Crippen LogP contribution in [0.2, 0.25) is 0 Å². The number of aliphatic imine (C=N–C) groups is 1. The maximum absolute atomic E-state index is 13.1. The van der Waals surface area contributed by atoms with Crippen molar-refractivity contribution in [3.8, 4) is 5.75 Å². The van der Waals surface area contributed by atoms with Crippen LogP contribution in [0.5, 0.6) is 5.75 Å². The van der Waals surface area contributed by atoms with Gasteiger partial charge < -0.3 is 14.6 Å². The molecule has 3 amide bonds. The molecule has 3 heterocycles. The molecule has 3 aliphatic rings. The number of rotatable bonds is 6. The highest BCUT2D eigenvalue weighted by molar-refractivity contribution is 6.25. The molecule has 2 unspecified atom stereocenters. The number of aryl methyl sites for hydroxylation is 1. The van der Waals surface area contributed by atoms with E-state index in [9.17, 15) is 14.7 Å². The van der Waals surface area contributed by atoms with E-state index in [2.05, 4.69) is 24.9 Å². The molecule has 2 fully saturated rings. The normalized spacial score (nSPS) is 21.9. The van der Waals surface area contributed by atoms with Gasteiger partial charge >= 0.3 is 12.0 Å². The zero-order valence-corrected chi connectivity index (χ0v) is 20.5. The Morgan fingerprint density at radius 1 is 1.21 bits per heavy atom. The zero-order chi connectivity index (χ0) is 24.6. The molecule has 0 spiro atoms. The molecule has 2 saturated heterocycles. The predicted octanol–water partition coefficient (Wildman–Crippen LogP) is 0.863. The van der Waals surface area contributed by atoms with Crippen molar-refractivity contribution in [3.63, 3.8) is 0 Å². The van der Waals surface area contributed by atoms with Gasteiger partial charge in [-0.25, -0.2) is 9.69 Å². The highest BCUT2D eigenvalue weighted by atomic mass is 16.5.